The molecule has 9 nitrogen and oxygen atoms in total. The molecular formula is C20H16N4O5. The lowest BCUT2D eigenvalue weighted by Crippen LogP contribution is -2.40. The first kappa shape index (κ1) is 18.5. The van der Waals surface area contributed by atoms with Gasteiger partial charge in [0.1, 0.15) is 12.6 Å². The number of azide groups is 1. The lowest BCUT2D eigenvalue weighted by molar-refractivity contribution is -0.140. The number of cyclic esters (lactones) is 1. The maximum Gasteiger partial charge on any atom is 0.413 e. The average Bonchev–Trinajstić information content (AvgIpc) is 3.25. The van der Waals surface area contributed by atoms with Gasteiger partial charge < -0.3 is 9.47 Å². The predicted molar refractivity (Wildman–Crippen MR) is 100 cm³/mol. The zero-order valence-corrected chi connectivity index (χ0v) is 15.2. The molecule has 29 heavy (non-hydrogen) atoms. The molecule has 0 spiro atoms. The van der Waals surface area contributed by atoms with Gasteiger partial charge in [-0.15, -0.1) is 0 Å². The summed E-state index contributed by atoms with van der Waals surface area (Å²) in [5.41, 5.74) is 12.7. The minimum absolute atomic E-state index is 0.0779. The van der Waals surface area contributed by atoms with Crippen molar-refractivity contribution in [1.29, 1.82) is 0 Å². The molecule has 0 unspecified atom stereocenters. The summed E-state index contributed by atoms with van der Waals surface area (Å²) in [5, 5.41) is 2.93. The van der Waals surface area contributed by atoms with Crippen molar-refractivity contribution in [3.8, 4) is 11.1 Å². The van der Waals surface area contributed by atoms with Gasteiger partial charge in [-0.25, -0.2) is 9.59 Å². The van der Waals surface area contributed by atoms with E-state index in [1.807, 2.05) is 48.5 Å². The number of hydrogen-bond acceptors (Lipinski definition) is 5. The first-order chi connectivity index (χ1) is 14.1. The molecule has 1 fully saturated rings. The molecule has 9 heteroatoms. The zero-order chi connectivity index (χ0) is 20.4. The molecule has 0 saturated carbocycles. The Morgan fingerprint density at radius 3 is 2.38 bits per heavy atom. The van der Waals surface area contributed by atoms with Crippen molar-refractivity contribution in [2.24, 2.45) is 5.11 Å². The summed E-state index contributed by atoms with van der Waals surface area (Å²) in [5.74, 6) is -1.72. The number of esters is 1. The molecule has 1 aliphatic heterocycles. The molecule has 0 N–H and O–H groups in total. The minimum atomic E-state index is -1.16. The fourth-order valence-electron chi connectivity index (χ4n) is 3.75. The molecule has 0 aromatic heterocycles. The van der Waals surface area contributed by atoms with Gasteiger partial charge in [-0.3, -0.25) is 9.69 Å². The van der Waals surface area contributed by atoms with Gasteiger partial charge in [0.25, 0.3) is 0 Å². The van der Waals surface area contributed by atoms with Gasteiger partial charge in [0.05, 0.1) is 0 Å². The molecule has 1 atom stereocenters. The second-order valence-corrected chi connectivity index (χ2v) is 6.67. The van der Waals surface area contributed by atoms with E-state index in [9.17, 15) is 14.4 Å². The number of nitrogens with zero attached hydrogens (tertiary/aromatic N) is 4. The summed E-state index contributed by atoms with van der Waals surface area (Å²) in [6, 6.07) is 14.7. The minimum Gasteiger partial charge on any atom is -0.448 e. The standard InChI is InChI=1S/C20H16N4O5/c21-23-22-18(25)9-17-19(26)29-11-24(17)20(27)28-10-16-14-7-3-1-5-12(14)13-6-2-4-8-15(13)16/h1-8,16-17H,9-11H2/t17-/m0/s1. The van der Waals surface area contributed by atoms with E-state index >= 15 is 0 Å². The van der Waals surface area contributed by atoms with Crippen molar-refractivity contribution in [2.45, 2.75) is 18.4 Å². The molecule has 2 aliphatic rings. The highest BCUT2D eigenvalue weighted by molar-refractivity contribution is 5.90. The molecule has 4 rings (SSSR count). The molecule has 0 radical (unpaired) electrons. The monoisotopic (exact) mass is 392 g/mol. The second-order valence-electron chi connectivity index (χ2n) is 6.67. The Labute approximate surface area is 165 Å². The number of benzene rings is 2. The second kappa shape index (κ2) is 7.65. The summed E-state index contributed by atoms with van der Waals surface area (Å²) in [4.78, 5) is 39.4. The van der Waals surface area contributed by atoms with E-state index < -0.39 is 30.4 Å². The Balaban J connectivity index is 1.49. The van der Waals surface area contributed by atoms with E-state index in [1.54, 1.807) is 0 Å². The van der Waals surface area contributed by atoms with Crippen LogP contribution in [0.15, 0.2) is 53.6 Å². The van der Waals surface area contributed by atoms with Crippen LogP contribution in [0.3, 0.4) is 0 Å². The number of carbonyl (C=O) groups is 3. The van der Waals surface area contributed by atoms with Crippen LogP contribution in [0.1, 0.15) is 23.5 Å². The Morgan fingerprint density at radius 1 is 1.14 bits per heavy atom. The summed E-state index contributed by atoms with van der Waals surface area (Å²) in [6.45, 7) is -0.238. The Hall–Kier alpha value is -3.84. The van der Waals surface area contributed by atoms with Crippen molar-refractivity contribution in [2.75, 3.05) is 13.3 Å². The van der Waals surface area contributed by atoms with Crippen molar-refractivity contribution in [3.05, 3.63) is 70.1 Å². The maximum atomic E-state index is 12.6. The van der Waals surface area contributed by atoms with Crippen LogP contribution in [-0.2, 0) is 19.1 Å². The fraction of sp³-hybridized carbons (Fsp3) is 0.250. The average molecular weight is 392 g/mol. The molecule has 1 heterocycles. The lowest BCUT2D eigenvalue weighted by atomic mass is 9.98. The smallest absolute Gasteiger partial charge is 0.413 e. The summed E-state index contributed by atoms with van der Waals surface area (Å²) in [6.07, 6.45) is -1.22. The number of amides is 2. The predicted octanol–water partition coefficient (Wildman–Crippen LogP) is 3.35. The number of hydrogen-bond donors (Lipinski definition) is 0. The quantitative estimate of drug-likeness (QED) is 0.342. The van der Waals surface area contributed by atoms with Crippen LogP contribution < -0.4 is 0 Å². The third-order valence-electron chi connectivity index (χ3n) is 5.09. The zero-order valence-electron chi connectivity index (χ0n) is 15.2. The molecule has 1 aliphatic carbocycles. The fourth-order valence-corrected chi connectivity index (χ4v) is 3.75. The first-order valence-electron chi connectivity index (χ1n) is 8.96. The highest BCUT2D eigenvalue weighted by Gasteiger charge is 2.40. The van der Waals surface area contributed by atoms with Crippen molar-refractivity contribution in [1.82, 2.24) is 4.90 Å². The Kier molecular flexibility index (Phi) is 4.88. The number of fused-ring (bicyclic) bond motifs is 3. The van der Waals surface area contributed by atoms with E-state index in [4.69, 9.17) is 15.0 Å². The van der Waals surface area contributed by atoms with Gasteiger partial charge in [0.15, 0.2) is 6.73 Å². The lowest BCUT2D eigenvalue weighted by Gasteiger charge is -2.21. The van der Waals surface area contributed by atoms with Crippen LogP contribution in [0.4, 0.5) is 4.79 Å². The van der Waals surface area contributed by atoms with E-state index in [0.717, 1.165) is 27.2 Å². The van der Waals surface area contributed by atoms with E-state index in [0.29, 0.717) is 0 Å². The number of rotatable bonds is 4. The largest absolute Gasteiger partial charge is 0.448 e. The maximum absolute atomic E-state index is 12.6. The number of carbonyl (C=O) groups excluding carboxylic acids is 3. The molecule has 2 aromatic rings. The summed E-state index contributed by atoms with van der Waals surface area (Å²) in [7, 11) is 0. The normalized spacial score (nSPS) is 17.2. The van der Waals surface area contributed by atoms with Crippen molar-refractivity contribution < 1.29 is 23.9 Å². The Bertz CT molecular complexity index is 1000. The van der Waals surface area contributed by atoms with Crippen LogP contribution in [0.5, 0.6) is 0 Å². The highest BCUT2D eigenvalue weighted by atomic mass is 16.6. The van der Waals surface area contributed by atoms with Gasteiger partial charge >= 0.3 is 12.1 Å². The van der Waals surface area contributed by atoms with Gasteiger partial charge in [-0.1, -0.05) is 48.5 Å². The molecule has 146 valence electrons. The molecular weight excluding hydrogens is 376 g/mol. The third kappa shape index (κ3) is 3.39. The SMILES string of the molecule is [N-]=[N+]=NC(=O)C[C@H]1C(=O)OCN1C(=O)OCC1c2ccccc2-c2ccccc21. The first-order valence-corrected chi connectivity index (χ1v) is 8.96. The van der Waals surface area contributed by atoms with E-state index in [2.05, 4.69) is 10.0 Å². The van der Waals surface area contributed by atoms with Crippen LogP contribution in [0.25, 0.3) is 21.6 Å². The molecule has 2 amide bonds. The topological polar surface area (TPSA) is 122 Å². The van der Waals surface area contributed by atoms with Crippen LogP contribution >= 0.6 is 0 Å². The number of ether oxygens (including phenoxy) is 2. The Morgan fingerprint density at radius 2 is 1.76 bits per heavy atom. The van der Waals surface area contributed by atoms with Gasteiger partial charge in [-0.2, -0.15) is 0 Å². The van der Waals surface area contributed by atoms with Crippen molar-refractivity contribution >= 4 is 18.0 Å². The van der Waals surface area contributed by atoms with Gasteiger partial charge in [0.2, 0.25) is 5.91 Å². The summed E-state index contributed by atoms with van der Waals surface area (Å²) < 4.78 is 10.3. The van der Waals surface area contributed by atoms with Gasteiger partial charge in [-0.05, 0) is 32.9 Å². The molecule has 1 saturated heterocycles. The highest BCUT2D eigenvalue weighted by Crippen LogP contribution is 2.44. The van der Waals surface area contributed by atoms with E-state index in [-0.39, 0.29) is 19.3 Å². The van der Waals surface area contributed by atoms with Crippen LogP contribution in [0, 0.1) is 0 Å². The van der Waals surface area contributed by atoms with Crippen LogP contribution in [-0.4, -0.2) is 42.2 Å². The summed E-state index contributed by atoms with van der Waals surface area (Å²) >= 11 is 0. The third-order valence-corrected chi connectivity index (χ3v) is 5.09. The van der Waals surface area contributed by atoms with Gasteiger partial charge in [0, 0.05) is 17.3 Å². The van der Waals surface area contributed by atoms with Crippen LogP contribution in [0.2, 0.25) is 0 Å². The van der Waals surface area contributed by atoms with E-state index in [1.165, 1.54) is 0 Å². The van der Waals surface area contributed by atoms with Crippen molar-refractivity contribution in [3.63, 3.8) is 0 Å². The molecule has 0 bridgehead atoms. The molecule has 2 aromatic carbocycles.